The molecule has 0 fully saturated rings. The van der Waals surface area contributed by atoms with E-state index in [4.69, 9.17) is 0 Å². The van der Waals surface area contributed by atoms with Crippen molar-refractivity contribution in [2.45, 2.75) is 52.9 Å². The summed E-state index contributed by atoms with van der Waals surface area (Å²) in [4.78, 5) is 7.92. The highest BCUT2D eigenvalue weighted by Gasteiger charge is 2.20. The molecular weight excluding hydrogens is 172 g/mol. The van der Waals surface area contributed by atoms with Crippen LogP contribution in [0.3, 0.4) is 0 Å². The molecule has 0 aliphatic heterocycles. The van der Waals surface area contributed by atoms with Crippen LogP contribution < -0.4 is 0 Å². The third-order valence-electron chi connectivity index (χ3n) is 2.77. The van der Waals surface area contributed by atoms with E-state index >= 15 is 0 Å². The van der Waals surface area contributed by atoms with Crippen LogP contribution in [0, 0.1) is 5.92 Å². The van der Waals surface area contributed by atoms with Crippen molar-refractivity contribution in [2.24, 2.45) is 5.92 Å². The van der Waals surface area contributed by atoms with Gasteiger partial charge in [0.2, 0.25) is 0 Å². The van der Waals surface area contributed by atoms with Crippen LogP contribution in [0.1, 0.15) is 59.0 Å². The highest BCUT2D eigenvalue weighted by Crippen LogP contribution is 2.25. The number of aromatic nitrogens is 2. The first-order valence-electron chi connectivity index (χ1n) is 5.38. The number of nitrogens with one attached hydrogen (secondary N) is 1. The van der Waals surface area contributed by atoms with Gasteiger partial charge >= 0.3 is 0 Å². The standard InChI is InChI=1S/C12H22N2/c1-8(2)9(3)10-7-13-11(14-10)12(4,5)6/h7-9H,1-6H3,(H,13,14)/t9-/m0/s1. The summed E-state index contributed by atoms with van der Waals surface area (Å²) in [5.41, 5.74) is 1.31. The minimum Gasteiger partial charge on any atom is -0.348 e. The Morgan fingerprint density at radius 1 is 1.21 bits per heavy atom. The Morgan fingerprint density at radius 2 is 1.79 bits per heavy atom. The molecule has 1 N–H and O–H groups in total. The van der Waals surface area contributed by atoms with Gasteiger partial charge in [0.05, 0.1) is 5.69 Å². The third-order valence-corrected chi connectivity index (χ3v) is 2.77. The average molecular weight is 194 g/mol. The maximum atomic E-state index is 4.65. The molecule has 0 aromatic carbocycles. The van der Waals surface area contributed by atoms with Crippen molar-refractivity contribution < 1.29 is 0 Å². The minimum atomic E-state index is 0.120. The SMILES string of the molecule is CC(C)[C@H](C)c1c[nH]c(C(C)(C)C)n1. The first kappa shape index (κ1) is 11.3. The molecule has 0 bridgehead atoms. The molecule has 1 aromatic heterocycles. The van der Waals surface area contributed by atoms with Crippen LogP contribution in [0.4, 0.5) is 0 Å². The molecule has 0 aliphatic rings. The van der Waals surface area contributed by atoms with Crippen LogP contribution in [-0.2, 0) is 5.41 Å². The van der Waals surface area contributed by atoms with Crippen molar-refractivity contribution in [3.05, 3.63) is 17.7 Å². The smallest absolute Gasteiger partial charge is 0.111 e. The largest absolute Gasteiger partial charge is 0.348 e. The van der Waals surface area contributed by atoms with Crippen molar-refractivity contribution in [1.82, 2.24) is 9.97 Å². The van der Waals surface area contributed by atoms with Gasteiger partial charge in [0.25, 0.3) is 0 Å². The Kier molecular flexibility index (Phi) is 3.03. The fourth-order valence-electron chi connectivity index (χ4n) is 1.29. The summed E-state index contributed by atoms with van der Waals surface area (Å²) in [7, 11) is 0. The Balaban J connectivity index is 2.89. The first-order valence-corrected chi connectivity index (χ1v) is 5.38. The van der Waals surface area contributed by atoms with Gasteiger partial charge in [-0.3, -0.25) is 0 Å². The lowest BCUT2D eigenvalue weighted by Crippen LogP contribution is -2.13. The van der Waals surface area contributed by atoms with Crippen molar-refractivity contribution in [1.29, 1.82) is 0 Å². The summed E-state index contributed by atoms with van der Waals surface area (Å²) < 4.78 is 0. The highest BCUT2D eigenvalue weighted by molar-refractivity contribution is 5.12. The fraction of sp³-hybridized carbons (Fsp3) is 0.750. The molecule has 0 spiro atoms. The van der Waals surface area contributed by atoms with E-state index in [0.717, 1.165) is 5.82 Å². The Labute approximate surface area is 87.1 Å². The van der Waals surface area contributed by atoms with E-state index in [1.165, 1.54) is 5.69 Å². The molecule has 0 saturated carbocycles. The maximum absolute atomic E-state index is 4.65. The highest BCUT2D eigenvalue weighted by atomic mass is 14.9. The van der Waals surface area contributed by atoms with E-state index < -0.39 is 0 Å². The van der Waals surface area contributed by atoms with Crippen LogP contribution in [-0.4, -0.2) is 9.97 Å². The molecule has 0 radical (unpaired) electrons. The Hall–Kier alpha value is -0.790. The second-order valence-electron chi connectivity index (χ2n) is 5.46. The molecule has 2 heteroatoms. The number of nitrogens with zero attached hydrogens (tertiary/aromatic N) is 1. The number of rotatable bonds is 2. The number of hydrogen-bond donors (Lipinski definition) is 1. The van der Waals surface area contributed by atoms with Gasteiger partial charge in [-0.15, -0.1) is 0 Å². The zero-order valence-corrected chi connectivity index (χ0v) is 10.2. The van der Waals surface area contributed by atoms with E-state index in [2.05, 4.69) is 51.5 Å². The molecule has 14 heavy (non-hydrogen) atoms. The topological polar surface area (TPSA) is 28.7 Å². The number of aromatic amines is 1. The molecule has 1 atom stereocenters. The second kappa shape index (κ2) is 3.76. The van der Waals surface area contributed by atoms with E-state index in [9.17, 15) is 0 Å². The van der Waals surface area contributed by atoms with Crippen LogP contribution in [0.15, 0.2) is 6.20 Å². The zero-order chi connectivity index (χ0) is 10.9. The molecule has 0 saturated heterocycles. The van der Waals surface area contributed by atoms with Crippen molar-refractivity contribution in [3.8, 4) is 0 Å². The van der Waals surface area contributed by atoms with E-state index in [1.807, 2.05) is 6.20 Å². The molecule has 80 valence electrons. The van der Waals surface area contributed by atoms with Crippen molar-refractivity contribution in [3.63, 3.8) is 0 Å². The van der Waals surface area contributed by atoms with Gasteiger partial charge in [-0.25, -0.2) is 4.98 Å². The molecular formula is C12H22N2. The summed E-state index contributed by atoms with van der Waals surface area (Å²) in [6.07, 6.45) is 2.05. The van der Waals surface area contributed by atoms with Gasteiger partial charge in [0, 0.05) is 17.5 Å². The van der Waals surface area contributed by atoms with Crippen LogP contribution in [0.2, 0.25) is 0 Å². The van der Waals surface area contributed by atoms with Crippen molar-refractivity contribution in [2.75, 3.05) is 0 Å². The second-order valence-corrected chi connectivity index (χ2v) is 5.46. The van der Waals surface area contributed by atoms with Crippen LogP contribution in [0.25, 0.3) is 0 Å². The first-order chi connectivity index (χ1) is 6.32. The fourth-order valence-corrected chi connectivity index (χ4v) is 1.29. The molecule has 1 heterocycles. The quantitative estimate of drug-likeness (QED) is 0.767. The molecule has 2 nitrogen and oxygen atoms in total. The number of imidazole rings is 1. The lowest BCUT2D eigenvalue weighted by atomic mass is 9.94. The summed E-state index contributed by atoms with van der Waals surface area (Å²) in [5.74, 6) is 2.26. The van der Waals surface area contributed by atoms with Gasteiger partial charge in [0.15, 0.2) is 0 Å². The molecule has 1 aromatic rings. The van der Waals surface area contributed by atoms with E-state index in [0.29, 0.717) is 11.8 Å². The minimum absolute atomic E-state index is 0.120. The maximum Gasteiger partial charge on any atom is 0.111 e. The number of hydrogen-bond acceptors (Lipinski definition) is 1. The Bertz CT molecular complexity index is 292. The zero-order valence-electron chi connectivity index (χ0n) is 10.2. The van der Waals surface area contributed by atoms with Gasteiger partial charge in [-0.1, -0.05) is 41.5 Å². The predicted molar refractivity (Wildman–Crippen MR) is 60.5 cm³/mol. The third kappa shape index (κ3) is 2.37. The predicted octanol–water partition coefficient (Wildman–Crippen LogP) is 3.47. The molecule has 0 unspecified atom stereocenters. The van der Waals surface area contributed by atoms with E-state index in [1.54, 1.807) is 0 Å². The normalized spacial score (nSPS) is 14.8. The average Bonchev–Trinajstić information content (AvgIpc) is 2.49. The molecule has 0 aliphatic carbocycles. The molecule has 1 rings (SSSR count). The van der Waals surface area contributed by atoms with Gasteiger partial charge < -0.3 is 4.98 Å². The van der Waals surface area contributed by atoms with Crippen LogP contribution in [0.5, 0.6) is 0 Å². The molecule has 0 amide bonds. The monoisotopic (exact) mass is 194 g/mol. The van der Waals surface area contributed by atoms with Crippen molar-refractivity contribution >= 4 is 0 Å². The Morgan fingerprint density at radius 3 is 2.14 bits per heavy atom. The van der Waals surface area contributed by atoms with Gasteiger partial charge in [0.1, 0.15) is 5.82 Å². The summed E-state index contributed by atoms with van der Waals surface area (Å²) in [6.45, 7) is 13.2. The summed E-state index contributed by atoms with van der Waals surface area (Å²) >= 11 is 0. The summed E-state index contributed by atoms with van der Waals surface area (Å²) in [6, 6.07) is 0. The van der Waals surface area contributed by atoms with E-state index in [-0.39, 0.29) is 5.41 Å². The lowest BCUT2D eigenvalue weighted by Gasteiger charge is -2.15. The number of H-pyrrole nitrogens is 1. The van der Waals surface area contributed by atoms with Gasteiger partial charge in [-0.05, 0) is 5.92 Å². The summed E-state index contributed by atoms with van der Waals surface area (Å²) in [5, 5.41) is 0. The lowest BCUT2D eigenvalue weighted by molar-refractivity contribution is 0.515. The van der Waals surface area contributed by atoms with Gasteiger partial charge in [-0.2, -0.15) is 0 Å². The van der Waals surface area contributed by atoms with Crippen LogP contribution >= 0.6 is 0 Å².